The van der Waals surface area contributed by atoms with E-state index >= 15 is 0 Å². The number of rotatable bonds is 5. The number of hydrogen-bond acceptors (Lipinski definition) is 5. The normalized spacial score (nSPS) is 15.2. The van der Waals surface area contributed by atoms with Crippen LogP contribution in [0.5, 0.6) is 11.5 Å². The van der Waals surface area contributed by atoms with Gasteiger partial charge in [0, 0.05) is 25.7 Å². The lowest BCUT2D eigenvalue weighted by Crippen LogP contribution is -2.37. The highest BCUT2D eigenvalue weighted by atomic mass is 16.4. The molecule has 1 aliphatic heterocycles. The monoisotopic (exact) mass is 362 g/mol. The molecule has 1 aromatic carbocycles. The Hall–Kier alpha value is -3.03. The van der Waals surface area contributed by atoms with E-state index in [0.717, 1.165) is 6.07 Å². The molecule has 0 aliphatic carbocycles. The average molecular weight is 362 g/mol. The second kappa shape index (κ2) is 8.37. The Kier molecular flexibility index (Phi) is 6.21. The lowest BCUT2D eigenvalue weighted by atomic mass is 9.96. The fourth-order valence-corrected chi connectivity index (χ4v) is 2.71. The Balaban J connectivity index is 1.86. The summed E-state index contributed by atoms with van der Waals surface area (Å²) in [6.45, 7) is 0.721. The van der Waals surface area contributed by atoms with Gasteiger partial charge in [-0.1, -0.05) is 6.08 Å². The molecule has 2 rings (SSSR count). The number of carbonyl (C=O) groups is 3. The van der Waals surface area contributed by atoms with Crippen LogP contribution in [-0.4, -0.2) is 69.6 Å². The van der Waals surface area contributed by atoms with Crippen LogP contribution >= 0.6 is 0 Å². The van der Waals surface area contributed by atoms with E-state index in [-0.39, 0.29) is 35.5 Å². The molecule has 0 radical (unpaired) electrons. The Bertz CT molecular complexity index is 722. The van der Waals surface area contributed by atoms with Crippen molar-refractivity contribution in [3.63, 3.8) is 0 Å². The minimum atomic E-state index is -0.929. The van der Waals surface area contributed by atoms with Crippen molar-refractivity contribution in [2.45, 2.75) is 12.8 Å². The van der Waals surface area contributed by atoms with E-state index in [9.17, 15) is 24.6 Å². The largest absolute Gasteiger partial charge is 0.504 e. The lowest BCUT2D eigenvalue weighted by molar-refractivity contribution is -0.124. The number of Topliss-reactive ketones (excluding diaryl/α,β-unsaturated/α-hetero) is 1. The van der Waals surface area contributed by atoms with E-state index in [4.69, 9.17) is 5.11 Å². The number of piperidine rings is 1. The van der Waals surface area contributed by atoms with E-state index in [0.29, 0.717) is 25.9 Å². The first-order chi connectivity index (χ1) is 12.3. The fraction of sp³-hybridized carbons (Fsp3) is 0.389. The summed E-state index contributed by atoms with van der Waals surface area (Å²) in [5.74, 6) is -1.27. The van der Waals surface area contributed by atoms with Crippen LogP contribution in [0.2, 0.25) is 0 Å². The average Bonchev–Trinajstić information content (AvgIpc) is 2.62. The number of carboxylic acid groups (broad SMARTS) is 1. The first-order valence-corrected chi connectivity index (χ1v) is 8.24. The summed E-state index contributed by atoms with van der Waals surface area (Å²) in [4.78, 5) is 37.8. The Morgan fingerprint density at radius 3 is 2.42 bits per heavy atom. The number of likely N-dealkylation sites (tertiary alicyclic amines) is 1. The number of carbonyl (C=O) groups excluding carboxylic acids is 2. The van der Waals surface area contributed by atoms with Gasteiger partial charge >= 0.3 is 6.09 Å². The maximum Gasteiger partial charge on any atom is 0.407 e. The van der Waals surface area contributed by atoms with Gasteiger partial charge in [-0.05, 0) is 43.0 Å². The molecule has 1 saturated heterocycles. The molecular formula is C18H22N2O6. The van der Waals surface area contributed by atoms with Gasteiger partial charge < -0.3 is 25.1 Å². The molecule has 8 nitrogen and oxygen atoms in total. The van der Waals surface area contributed by atoms with Gasteiger partial charge in [0.1, 0.15) is 0 Å². The first kappa shape index (κ1) is 19.3. The fourth-order valence-electron chi connectivity index (χ4n) is 2.71. The van der Waals surface area contributed by atoms with Crippen molar-refractivity contribution in [1.29, 1.82) is 0 Å². The van der Waals surface area contributed by atoms with Gasteiger partial charge in [-0.3, -0.25) is 9.59 Å². The van der Waals surface area contributed by atoms with E-state index in [1.165, 1.54) is 35.1 Å². The van der Waals surface area contributed by atoms with Crippen LogP contribution in [0.4, 0.5) is 4.79 Å². The molecule has 8 heteroatoms. The van der Waals surface area contributed by atoms with Gasteiger partial charge in [0.2, 0.25) is 5.91 Å². The minimum absolute atomic E-state index is 0.132. The quantitative estimate of drug-likeness (QED) is 0.417. The number of phenols is 2. The van der Waals surface area contributed by atoms with E-state index < -0.39 is 11.8 Å². The molecule has 0 aromatic heterocycles. The second-order valence-electron chi connectivity index (χ2n) is 6.29. The maximum absolute atomic E-state index is 12.2. The van der Waals surface area contributed by atoms with Gasteiger partial charge in [0.05, 0.1) is 6.54 Å². The van der Waals surface area contributed by atoms with Crippen LogP contribution in [0, 0.1) is 5.92 Å². The third kappa shape index (κ3) is 4.98. The zero-order chi connectivity index (χ0) is 19.3. The maximum atomic E-state index is 12.2. The molecule has 140 valence electrons. The molecule has 1 aromatic rings. The van der Waals surface area contributed by atoms with Crippen LogP contribution in [0.15, 0.2) is 30.4 Å². The van der Waals surface area contributed by atoms with Crippen LogP contribution in [-0.2, 0) is 4.79 Å². The lowest BCUT2D eigenvalue weighted by Gasteiger charge is -2.28. The topological polar surface area (TPSA) is 118 Å². The SMILES string of the molecule is CN(CC(=O)c1ccc(O)c(O)c1)C(=O)/C=C/C1CCN(C(=O)O)CC1. The number of benzene rings is 1. The van der Waals surface area contributed by atoms with Crippen molar-refractivity contribution in [3.8, 4) is 11.5 Å². The van der Waals surface area contributed by atoms with Crippen LogP contribution in [0.1, 0.15) is 23.2 Å². The second-order valence-corrected chi connectivity index (χ2v) is 6.29. The molecule has 26 heavy (non-hydrogen) atoms. The number of nitrogens with zero attached hydrogens (tertiary/aromatic N) is 2. The number of phenolic OH excluding ortho intramolecular Hbond substituents is 2. The number of allylic oxidation sites excluding steroid dienone is 1. The van der Waals surface area contributed by atoms with Gasteiger partial charge in [0.25, 0.3) is 0 Å². The molecule has 3 N–H and O–H groups in total. The van der Waals surface area contributed by atoms with Gasteiger partial charge in [-0.25, -0.2) is 4.79 Å². The zero-order valence-electron chi connectivity index (χ0n) is 14.5. The number of aromatic hydroxyl groups is 2. The summed E-state index contributed by atoms with van der Waals surface area (Å²) in [6, 6.07) is 3.75. The predicted molar refractivity (Wildman–Crippen MR) is 93.2 cm³/mol. The van der Waals surface area contributed by atoms with Crippen LogP contribution in [0.25, 0.3) is 0 Å². The van der Waals surface area contributed by atoms with Gasteiger partial charge in [-0.15, -0.1) is 0 Å². The smallest absolute Gasteiger partial charge is 0.407 e. The molecule has 1 aliphatic rings. The van der Waals surface area contributed by atoms with Crippen molar-refractivity contribution in [1.82, 2.24) is 9.80 Å². The van der Waals surface area contributed by atoms with Crippen molar-refractivity contribution < 1.29 is 29.7 Å². The molecular weight excluding hydrogens is 340 g/mol. The van der Waals surface area contributed by atoms with E-state index in [1.807, 2.05) is 0 Å². The summed E-state index contributed by atoms with van der Waals surface area (Å²) < 4.78 is 0. The summed E-state index contributed by atoms with van der Waals surface area (Å²) in [6.07, 6.45) is 3.55. The Labute approximate surface area is 151 Å². The molecule has 0 spiro atoms. The Morgan fingerprint density at radius 2 is 1.85 bits per heavy atom. The first-order valence-electron chi connectivity index (χ1n) is 8.24. The van der Waals surface area contributed by atoms with Gasteiger partial charge in [0.15, 0.2) is 17.3 Å². The summed E-state index contributed by atoms with van der Waals surface area (Å²) in [7, 11) is 1.50. The zero-order valence-corrected chi connectivity index (χ0v) is 14.5. The van der Waals surface area contributed by atoms with Crippen molar-refractivity contribution >= 4 is 17.8 Å². The third-order valence-electron chi connectivity index (χ3n) is 4.38. The highest BCUT2D eigenvalue weighted by Gasteiger charge is 2.21. The van der Waals surface area contributed by atoms with Gasteiger partial charge in [-0.2, -0.15) is 0 Å². The molecule has 2 amide bonds. The van der Waals surface area contributed by atoms with E-state index in [2.05, 4.69) is 0 Å². The van der Waals surface area contributed by atoms with Crippen molar-refractivity contribution in [2.24, 2.45) is 5.92 Å². The number of likely N-dealkylation sites (N-methyl/N-ethyl adjacent to an activating group) is 1. The van der Waals surface area contributed by atoms with Crippen molar-refractivity contribution in [2.75, 3.05) is 26.7 Å². The van der Waals surface area contributed by atoms with Crippen LogP contribution < -0.4 is 0 Å². The van der Waals surface area contributed by atoms with Crippen LogP contribution in [0.3, 0.4) is 0 Å². The number of hydrogen-bond donors (Lipinski definition) is 3. The summed E-state index contributed by atoms with van der Waals surface area (Å²) in [5, 5.41) is 27.6. The Morgan fingerprint density at radius 1 is 1.19 bits per heavy atom. The van der Waals surface area contributed by atoms with Crippen molar-refractivity contribution in [3.05, 3.63) is 35.9 Å². The third-order valence-corrected chi connectivity index (χ3v) is 4.38. The molecule has 1 fully saturated rings. The van der Waals surface area contributed by atoms with E-state index in [1.54, 1.807) is 6.08 Å². The molecule has 1 heterocycles. The molecule has 0 saturated carbocycles. The summed E-state index contributed by atoms with van der Waals surface area (Å²) >= 11 is 0. The standard InChI is InChI=1S/C18H22N2O6/c1-19(11-16(23)13-3-4-14(21)15(22)10-13)17(24)5-2-12-6-8-20(9-7-12)18(25)26/h2-5,10,12,21-22H,6-9,11H2,1H3,(H,25,26)/b5-2+. The molecule has 0 atom stereocenters. The highest BCUT2D eigenvalue weighted by Crippen LogP contribution is 2.25. The molecule has 0 unspecified atom stereocenters. The highest BCUT2D eigenvalue weighted by molar-refractivity contribution is 6.00. The molecule has 0 bridgehead atoms. The predicted octanol–water partition coefficient (Wildman–Crippen LogP) is 1.69. The minimum Gasteiger partial charge on any atom is -0.504 e. The number of amides is 2. The summed E-state index contributed by atoms with van der Waals surface area (Å²) in [5.41, 5.74) is 0.199. The number of ketones is 1.